The molecule has 24 heavy (non-hydrogen) atoms. The van der Waals surface area contributed by atoms with Crippen LogP contribution in [0.15, 0.2) is 46.9 Å². The Hall–Kier alpha value is -1.98. The lowest BCUT2D eigenvalue weighted by molar-refractivity contribution is 0.279. The number of benzene rings is 1. The molecule has 3 heterocycles. The van der Waals surface area contributed by atoms with E-state index in [1.807, 2.05) is 30.3 Å². The van der Waals surface area contributed by atoms with Crippen LogP contribution >= 0.6 is 11.3 Å². The Labute approximate surface area is 146 Å². The van der Waals surface area contributed by atoms with Gasteiger partial charge >= 0.3 is 0 Å². The molecule has 0 amide bonds. The zero-order valence-electron chi connectivity index (χ0n) is 13.6. The molecule has 4 nitrogen and oxygen atoms in total. The van der Waals surface area contributed by atoms with Gasteiger partial charge in [0.1, 0.15) is 0 Å². The molecule has 0 aliphatic carbocycles. The topological polar surface area (TPSA) is 42.2 Å². The highest BCUT2D eigenvalue weighted by atomic mass is 32.1. The number of aromatic nitrogens is 2. The fraction of sp³-hybridized carbons (Fsp3) is 0.368. The molecule has 0 N–H and O–H groups in total. The average molecular weight is 339 g/mol. The van der Waals surface area contributed by atoms with Gasteiger partial charge in [-0.1, -0.05) is 31.0 Å². The Bertz CT molecular complexity index is 773. The van der Waals surface area contributed by atoms with E-state index in [1.54, 1.807) is 11.3 Å². The molecule has 4 rings (SSSR count). The smallest absolute Gasteiger partial charge is 0.258 e. The van der Waals surface area contributed by atoms with Crippen LogP contribution in [0.4, 0.5) is 0 Å². The summed E-state index contributed by atoms with van der Waals surface area (Å²) >= 11 is 1.76. The molecule has 0 spiro atoms. The van der Waals surface area contributed by atoms with E-state index in [4.69, 9.17) is 4.42 Å². The maximum absolute atomic E-state index is 5.85. The van der Waals surface area contributed by atoms with Gasteiger partial charge in [-0.3, -0.25) is 4.90 Å². The monoisotopic (exact) mass is 339 g/mol. The van der Waals surface area contributed by atoms with Crippen LogP contribution in [0.1, 0.15) is 30.6 Å². The van der Waals surface area contributed by atoms with Crippen LogP contribution in [0, 0.1) is 0 Å². The Morgan fingerprint density at radius 3 is 2.42 bits per heavy atom. The Kier molecular flexibility index (Phi) is 4.71. The van der Waals surface area contributed by atoms with Gasteiger partial charge in [0, 0.05) is 17.0 Å². The van der Waals surface area contributed by atoms with Gasteiger partial charge in [0.2, 0.25) is 5.89 Å². The van der Waals surface area contributed by atoms with Gasteiger partial charge < -0.3 is 4.42 Å². The van der Waals surface area contributed by atoms with Gasteiger partial charge in [-0.05, 0) is 50.2 Å². The largest absolute Gasteiger partial charge is 0.415 e. The van der Waals surface area contributed by atoms with Gasteiger partial charge in [-0.15, -0.1) is 21.5 Å². The van der Waals surface area contributed by atoms with E-state index in [-0.39, 0.29) is 0 Å². The summed E-state index contributed by atoms with van der Waals surface area (Å²) < 4.78 is 5.85. The summed E-state index contributed by atoms with van der Waals surface area (Å²) in [7, 11) is 0. The van der Waals surface area contributed by atoms with Crippen molar-refractivity contribution < 1.29 is 4.42 Å². The summed E-state index contributed by atoms with van der Waals surface area (Å²) in [5.41, 5.74) is 0.956. The minimum absolute atomic E-state index is 0.577. The third-order valence-electron chi connectivity index (χ3n) is 4.40. The Morgan fingerprint density at radius 1 is 0.875 bits per heavy atom. The molecule has 0 unspecified atom stereocenters. The highest BCUT2D eigenvalue weighted by molar-refractivity contribution is 7.15. The van der Waals surface area contributed by atoms with Crippen molar-refractivity contribution in [2.75, 3.05) is 13.1 Å². The van der Waals surface area contributed by atoms with Crippen molar-refractivity contribution in [3.63, 3.8) is 0 Å². The van der Waals surface area contributed by atoms with Crippen LogP contribution in [0.3, 0.4) is 0 Å². The maximum Gasteiger partial charge on any atom is 0.258 e. The minimum Gasteiger partial charge on any atom is -0.415 e. The van der Waals surface area contributed by atoms with Crippen LogP contribution < -0.4 is 0 Å². The van der Waals surface area contributed by atoms with Crippen molar-refractivity contribution in [1.29, 1.82) is 0 Å². The molecule has 0 atom stereocenters. The summed E-state index contributed by atoms with van der Waals surface area (Å²) in [6, 6.07) is 14.2. The first kappa shape index (κ1) is 15.5. The molecule has 1 aromatic carbocycles. The molecule has 0 saturated carbocycles. The van der Waals surface area contributed by atoms with E-state index in [0.29, 0.717) is 11.8 Å². The summed E-state index contributed by atoms with van der Waals surface area (Å²) in [6.07, 6.45) is 5.39. The van der Waals surface area contributed by atoms with E-state index < -0.39 is 0 Å². The number of rotatable bonds is 4. The van der Waals surface area contributed by atoms with Crippen molar-refractivity contribution in [2.24, 2.45) is 0 Å². The fourth-order valence-corrected chi connectivity index (χ4v) is 4.08. The van der Waals surface area contributed by atoms with Gasteiger partial charge in [0.25, 0.3) is 5.89 Å². The van der Waals surface area contributed by atoms with Crippen LogP contribution in [0.2, 0.25) is 0 Å². The molecule has 1 aliphatic rings. The van der Waals surface area contributed by atoms with Crippen molar-refractivity contribution >= 4 is 11.3 Å². The van der Waals surface area contributed by atoms with Gasteiger partial charge in [0.05, 0.1) is 4.88 Å². The van der Waals surface area contributed by atoms with Gasteiger partial charge in [-0.25, -0.2) is 0 Å². The molecule has 1 fully saturated rings. The number of hydrogen-bond donors (Lipinski definition) is 0. The van der Waals surface area contributed by atoms with Crippen LogP contribution in [0.25, 0.3) is 22.2 Å². The lowest BCUT2D eigenvalue weighted by atomic mass is 10.2. The first-order chi connectivity index (χ1) is 11.9. The molecule has 1 aliphatic heterocycles. The number of hydrogen-bond acceptors (Lipinski definition) is 5. The predicted octanol–water partition coefficient (Wildman–Crippen LogP) is 4.84. The standard InChI is InChI=1S/C19H21N3OS/c1-2-7-13-22(12-6-1)14-16-10-11-17(24-16)19-21-20-18(23-19)15-8-4-3-5-9-15/h3-5,8-11H,1-2,6-7,12-14H2. The molecule has 0 radical (unpaired) electrons. The van der Waals surface area contributed by atoms with Crippen LogP contribution in [0.5, 0.6) is 0 Å². The molecule has 124 valence electrons. The first-order valence-electron chi connectivity index (χ1n) is 8.59. The lowest BCUT2D eigenvalue weighted by Crippen LogP contribution is -2.23. The zero-order chi connectivity index (χ0) is 16.2. The maximum atomic E-state index is 5.85. The summed E-state index contributed by atoms with van der Waals surface area (Å²) in [5, 5.41) is 8.40. The average Bonchev–Trinajstić information content (AvgIpc) is 3.21. The third kappa shape index (κ3) is 3.57. The SMILES string of the molecule is c1ccc(-c2nnc(-c3ccc(CN4CCCCCC4)s3)o2)cc1. The number of thiophene rings is 1. The molecule has 0 bridgehead atoms. The molecular weight excluding hydrogens is 318 g/mol. The predicted molar refractivity (Wildman–Crippen MR) is 96.8 cm³/mol. The Morgan fingerprint density at radius 2 is 1.62 bits per heavy atom. The molecule has 1 saturated heterocycles. The van der Waals surface area contributed by atoms with Crippen LogP contribution in [-0.4, -0.2) is 28.2 Å². The van der Waals surface area contributed by atoms with Crippen molar-refractivity contribution in [3.8, 4) is 22.2 Å². The Balaban J connectivity index is 1.47. The highest BCUT2D eigenvalue weighted by Gasteiger charge is 2.14. The summed E-state index contributed by atoms with van der Waals surface area (Å²) in [4.78, 5) is 4.98. The first-order valence-corrected chi connectivity index (χ1v) is 9.40. The fourth-order valence-electron chi connectivity index (χ4n) is 3.11. The highest BCUT2D eigenvalue weighted by Crippen LogP contribution is 2.30. The second-order valence-corrected chi connectivity index (χ2v) is 7.40. The van der Waals surface area contributed by atoms with E-state index in [0.717, 1.165) is 17.0 Å². The summed E-state index contributed by atoms with van der Waals surface area (Å²) in [6.45, 7) is 3.46. The van der Waals surface area contributed by atoms with Gasteiger partial charge in [-0.2, -0.15) is 0 Å². The molecular formula is C19H21N3OS. The normalized spacial score (nSPS) is 16.2. The van der Waals surface area contributed by atoms with E-state index in [2.05, 4.69) is 27.2 Å². The van der Waals surface area contributed by atoms with Gasteiger partial charge in [0.15, 0.2) is 0 Å². The third-order valence-corrected chi connectivity index (χ3v) is 5.45. The van der Waals surface area contributed by atoms with Crippen molar-refractivity contribution in [1.82, 2.24) is 15.1 Å². The van der Waals surface area contributed by atoms with E-state index in [1.165, 1.54) is 43.6 Å². The van der Waals surface area contributed by atoms with Crippen molar-refractivity contribution in [2.45, 2.75) is 32.2 Å². The number of nitrogens with zero attached hydrogens (tertiary/aromatic N) is 3. The number of likely N-dealkylation sites (tertiary alicyclic amines) is 1. The molecule has 5 heteroatoms. The van der Waals surface area contributed by atoms with Crippen LogP contribution in [-0.2, 0) is 6.54 Å². The van der Waals surface area contributed by atoms with E-state index in [9.17, 15) is 0 Å². The summed E-state index contributed by atoms with van der Waals surface area (Å²) in [5.74, 6) is 1.19. The zero-order valence-corrected chi connectivity index (χ0v) is 14.5. The quantitative estimate of drug-likeness (QED) is 0.682. The second kappa shape index (κ2) is 7.28. The van der Waals surface area contributed by atoms with Crippen molar-refractivity contribution in [3.05, 3.63) is 47.3 Å². The second-order valence-electron chi connectivity index (χ2n) is 6.23. The lowest BCUT2D eigenvalue weighted by Gasteiger charge is -2.18. The molecule has 2 aromatic heterocycles. The van der Waals surface area contributed by atoms with E-state index >= 15 is 0 Å². The molecule has 3 aromatic rings. The minimum atomic E-state index is 0.577.